The molecule has 0 amide bonds. The lowest BCUT2D eigenvalue weighted by Gasteiger charge is -2.27. The largest absolute Gasteiger partial charge is 0.313 e. The summed E-state index contributed by atoms with van der Waals surface area (Å²) in [6, 6.07) is 9.37. The van der Waals surface area contributed by atoms with E-state index in [1.807, 2.05) is 0 Å². The summed E-state index contributed by atoms with van der Waals surface area (Å²) in [5.74, 6) is 0.625. The minimum Gasteiger partial charge on any atom is -0.313 e. The minimum absolute atomic E-state index is 0.598. The van der Waals surface area contributed by atoms with Crippen molar-refractivity contribution >= 4 is 15.9 Å². The Labute approximate surface area is 114 Å². The Morgan fingerprint density at radius 3 is 2.18 bits per heavy atom. The molecule has 0 aromatic heterocycles. The van der Waals surface area contributed by atoms with Crippen LogP contribution in [0.25, 0.3) is 0 Å². The van der Waals surface area contributed by atoms with E-state index in [-0.39, 0.29) is 0 Å². The van der Waals surface area contributed by atoms with Crippen LogP contribution in [-0.2, 0) is 0 Å². The van der Waals surface area contributed by atoms with Crippen molar-refractivity contribution < 1.29 is 0 Å². The van der Waals surface area contributed by atoms with Gasteiger partial charge < -0.3 is 5.32 Å². The van der Waals surface area contributed by atoms with Gasteiger partial charge in [0.1, 0.15) is 0 Å². The Morgan fingerprint density at radius 2 is 1.71 bits per heavy atom. The van der Waals surface area contributed by atoms with Crippen molar-refractivity contribution in [3.8, 4) is 0 Å². The van der Waals surface area contributed by atoms with Gasteiger partial charge in [-0.2, -0.15) is 0 Å². The van der Waals surface area contributed by atoms with Gasteiger partial charge in [0.05, 0.1) is 0 Å². The van der Waals surface area contributed by atoms with Crippen LogP contribution in [0.5, 0.6) is 0 Å². The molecular formula is C15H24BrN. The molecule has 1 aromatic carbocycles. The van der Waals surface area contributed by atoms with E-state index >= 15 is 0 Å². The maximum Gasteiger partial charge on any atom is 0.0175 e. The molecule has 96 valence electrons. The van der Waals surface area contributed by atoms with Crippen molar-refractivity contribution in [2.45, 2.75) is 52.0 Å². The number of benzene rings is 1. The van der Waals surface area contributed by atoms with Crippen molar-refractivity contribution in [3.05, 3.63) is 34.3 Å². The van der Waals surface area contributed by atoms with Crippen LogP contribution in [0.4, 0.5) is 0 Å². The first-order valence-electron chi connectivity index (χ1n) is 6.71. The van der Waals surface area contributed by atoms with Crippen LogP contribution >= 0.6 is 15.9 Å². The van der Waals surface area contributed by atoms with Crippen molar-refractivity contribution in [2.75, 3.05) is 6.54 Å². The van der Waals surface area contributed by atoms with E-state index in [9.17, 15) is 0 Å². The summed E-state index contributed by atoms with van der Waals surface area (Å²) in [6.45, 7) is 7.89. The Balaban J connectivity index is 2.77. The Kier molecular flexibility index (Phi) is 6.83. The molecule has 0 spiro atoms. The van der Waals surface area contributed by atoms with Crippen LogP contribution in [-0.4, -0.2) is 12.6 Å². The summed E-state index contributed by atoms with van der Waals surface area (Å²) in [5.41, 5.74) is 1.45. The number of rotatable bonds is 7. The third-order valence-corrected chi connectivity index (χ3v) is 3.85. The predicted octanol–water partition coefficient (Wildman–Crippen LogP) is 4.72. The van der Waals surface area contributed by atoms with Gasteiger partial charge in [0.15, 0.2) is 0 Å². The monoisotopic (exact) mass is 297 g/mol. The lowest BCUT2D eigenvalue weighted by Crippen LogP contribution is -2.34. The summed E-state index contributed by atoms with van der Waals surface area (Å²) < 4.78 is 1.16. The zero-order valence-corrected chi connectivity index (χ0v) is 12.8. The fourth-order valence-corrected chi connectivity index (χ4v) is 2.63. The molecule has 0 saturated carbocycles. The number of nitrogens with one attached hydrogen (secondary N) is 1. The normalized spacial score (nSPS) is 14.6. The first kappa shape index (κ1) is 14.7. The van der Waals surface area contributed by atoms with Crippen molar-refractivity contribution in [3.63, 3.8) is 0 Å². The minimum atomic E-state index is 0.598. The second-order valence-electron chi connectivity index (χ2n) is 4.54. The van der Waals surface area contributed by atoms with Gasteiger partial charge >= 0.3 is 0 Å². The van der Waals surface area contributed by atoms with Crippen LogP contribution in [0.15, 0.2) is 28.7 Å². The number of hydrogen-bond donors (Lipinski definition) is 1. The standard InChI is InChI=1S/C15H24BrN/c1-4-11-17-15(6-3)14(5-2)12-7-9-13(16)10-8-12/h7-10,14-15,17H,4-6,11H2,1-3H3. The van der Waals surface area contributed by atoms with Crippen LogP contribution in [0.1, 0.15) is 51.5 Å². The van der Waals surface area contributed by atoms with E-state index in [0.717, 1.165) is 11.0 Å². The predicted molar refractivity (Wildman–Crippen MR) is 79.5 cm³/mol. The highest BCUT2D eigenvalue weighted by Gasteiger charge is 2.19. The zero-order chi connectivity index (χ0) is 12.7. The second kappa shape index (κ2) is 7.88. The third kappa shape index (κ3) is 4.44. The molecule has 0 fully saturated rings. The maximum absolute atomic E-state index is 3.67. The molecule has 17 heavy (non-hydrogen) atoms. The molecule has 0 aliphatic carbocycles. The van der Waals surface area contributed by atoms with Gasteiger partial charge in [-0.05, 0) is 49.4 Å². The van der Waals surface area contributed by atoms with E-state index in [1.54, 1.807) is 0 Å². The first-order chi connectivity index (χ1) is 8.22. The molecule has 1 nitrogen and oxygen atoms in total. The van der Waals surface area contributed by atoms with Crippen LogP contribution in [0.3, 0.4) is 0 Å². The molecule has 1 N–H and O–H groups in total. The van der Waals surface area contributed by atoms with E-state index in [2.05, 4.69) is 66.3 Å². The highest BCUT2D eigenvalue weighted by atomic mass is 79.9. The molecule has 2 unspecified atom stereocenters. The topological polar surface area (TPSA) is 12.0 Å². The third-order valence-electron chi connectivity index (χ3n) is 3.32. The quantitative estimate of drug-likeness (QED) is 0.768. The number of hydrogen-bond acceptors (Lipinski definition) is 1. The Hall–Kier alpha value is -0.340. The SMILES string of the molecule is CCCNC(CC)C(CC)c1ccc(Br)cc1. The lowest BCUT2D eigenvalue weighted by molar-refractivity contribution is 0.411. The summed E-state index contributed by atoms with van der Waals surface area (Å²) in [5, 5.41) is 3.67. The van der Waals surface area contributed by atoms with Gasteiger partial charge in [0.25, 0.3) is 0 Å². The van der Waals surface area contributed by atoms with Gasteiger partial charge in [0, 0.05) is 10.5 Å². The van der Waals surface area contributed by atoms with Crippen molar-refractivity contribution in [1.82, 2.24) is 5.32 Å². The average molecular weight is 298 g/mol. The summed E-state index contributed by atoms with van der Waals surface area (Å²) in [6.07, 6.45) is 3.58. The molecule has 2 heteroatoms. The zero-order valence-electron chi connectivity index (χ0n) is 11.2. The molecule has 0 heterocycles. The fraction of sp³-hybridized carbons (Fsp3) is 0.600. The maximum atomic E-state index is 3.67. The molecule has 0 aliphatic rings. The van der Waals surface area contributed by atoms with Crippen molar-refractivity contribution in [1.29, 1.82) is 0 Å². The summed E-state index contributed by atoms with van der Waals surface area (Å²) in [7, 11) is 0. The van der Waals surface area contributed by atoms with Crippen LogP contribution in [0, 0.1) is 0 Å². The molecule has 1 aromatic rings. The van der Waals surface area contributed by atoms with E-state index in [1.165, 1.54) is 24.8 Å². The fourth-order valence-electron chi connectivity index (χ4n) is 2.36. The molecule has 0 radical (unpaired) electrons. The molecule has 0 saturated heterocycles. The van der Waals surface area contributed by atoms with Gasteiger partial charge in [-0.1, -0.05) is 48.8 Å². The smallest absolute Gasteiger partial charge is 0.0175 e. The molecule has 2 atom stereocenters. The summed E-state index contributed by atoms with van der Waals surface area (Å²) in [4.78, 5) is 0. The highest BCUT2D eigenvalue weighted by molar-refractivity contribution is 9.10. The van der Waals surface area contributed by atoms with Crippen LogP contribution in [0.2, 0.25) is 0 Å². The number of halogens is 1. The van der Waals surface area contributed by atoms with Crippen molar-refractivity contribution in [2.24, 2.45) is 0 Å². The van der Waals surface area contributed by atoms with Gasteiger partial charge in [0.2, 0.25) is 0 Å². The van der Waals surface area contributed by atoms with Crippen LogP contribution < -0.4 is 5.32 Å². The first-order valence-corrected chi connectivity index (χ1v) is 7.51. The molecule has 0 bridgehead atoms. The Morgan fingerprint density at radius 1 is 1.06 bits per heavy atom. The average Bonchev–Trinajstić information content (AvgIpc) is 2.36. The highest BCUT2D eigenvalue weighted by Crippen LogP contribution is 2.26. The molecule has 0 aliphatic heterocycles. The molecular weight excluding hydrogens is 274 g/mol. The Bertz CT molecular complexity index is 307. The van der Waals surface area contributed by atoms with Gasteiger partial charge in [-0.15, -0.1) is 0 Å². The second-order valence-corrected chi connectivity index (χ2v) is 5.45. The summed E-state index contributed by atoms with van der Waals surface area (Å²) >= 11 is 3.50. The van der Waals surface area contributed by atoms with E-state index in [0.29, 0.717) is 12.0 Å². The molecule has 1 rings (SSSR count). The van der Waals surface area contributed by atoms with Gasteiger partial charge in [-0.3, -0.25) is 0 Å². The lowest BCUT2D eigenvalue weighted by atomic mass is 9.87. The van der Waals surface area contributed by atoms with Gasteiger partial charge in [-0.25, -0.2) is 0 Å². The van der Waals surface area contributed by atoms with E-state index < -0.39 is 0 Å². The van der Waals surface area contributed by atoms with E-state index in [4.69, 9.17) is 0 Å².